The Bertz CT molecular complexity index is 427. The van der Waals surface area contributed by atoms with Gasteiger partial charge in [0.05, 0.1) is 0 Å². The van der Waals surface area contributed by atoms with Gasteiger partial charge in [-0.3, -0.25) is 0 Å². The van der Waals surface area contributed by atoms with Crippen LogP contribution in [0.3, 0.4) is 0 Å². The Morgan fingerprint density at radius 2 is 2.10 bits per heavy atom. The molecule has 0 saturated heterocycles. The van der Waals surface area contributed by atoms with E-state index in [-0.39, 0.29) is 0 Å². The molecule has 1 aliphatic rings. The van der Waals surface area contributed by atoms with Crippen LogP contribution in [-0.2, 0) is 6.54 Å². The molecule has 0 aromatic heterocycles. The summed E-state index contributed by atoms with van der Waals surface area (Å²) in [6.45, 7) is 9.73. The third-order valence-corrected chi connectivity index (χ3v) is 4.40. The van der Waals surface area contributed by atoms with Gasteiger partial charge in [0.25, 0.3) is 0 Å². The van der Waals surface area contributed by atoms with E-state index in [4.69, 9.17) is 11.6 Å². The molecule has 1 saturated carbocycles. The summed E-state index contributed by atoms with van der Waals surface area (Å²) in [6.07, 6.45) is 4.19. The second kappa shape index (κ2) is 7.33. The maximum absolute atomic E-state index is 6.18. The van der Waals surface area contributed by atoms with Crippen molar-refractivity contribution in [3.63, 3.8) is 0 Å². The molecule has 0 amide bonds. The number of anilines is 1. The summed E-state index contributed by atoms with van der Waals surface area (Å²) >= 11 is 6.18. The fraction of sp³-hybridized carbons (Fsp3) is 0.647. The van der Waals surface area contributed by atoms with Gasteiger partial charge in [0, 0.05) is 36.4 Å². The lowest BCUT2D eigenvalue weighted by atomic mass is 9.85. The van der Waals surface area contributed by atoms with Crippen molar-refractivity contribution in [2.45, 2.75) is 52.6 Å². The van der Waals surface area contributed by atoms with Gasteiger partial charge in [0.2, 0.25) is 0 Å². The zero-order valence-corrected chi connectivity index (χ0v) is 13.7. The Morgan fingerprint density at radius 3 is 2.65 bits per heavy atom. The van der Waals surface area contributed by atoms with E-state index in [1.54, 1.807) is 0 Å². The van der Waals surface area contributed by atoms with Crippen LogP contribution in [0.5, 0.6) is 0 Å². The van der Waals surface area contributed by atoms with Crippen LogP contribution in [0.15, 0.2) is 18.2 Å². The van der Waals surface area contributed by atoms with Crippen molar-refractivity contribution in [2.24, 2.45) is 5.92 Å². The molecule has 1 fully saturated rings. The minimum Gasteiger partial charge on any atom is -0.371 e. The monoisotopic (exact) mass is 294 g/mol. The van der Waals surface area contributed by atoms with E-state index in [2.05, 4.69) is 43.1 Å². The summed E-state index contributed by atoms with van der Waals surface area (Å²) in [6, 6.07) is 6.79. The number of nitrogens with zero attached hydrogens (tertiary/aromatic N) is 1. The average molecular weight is 295 g/mol. The van der Waals surface area contributed by atoms with Gasteiger partial charge in [-0.15, -0.1) is 0 Å². The van der Waals surface area contributed by atoms with Crippen LogP contribution in [0.25, 0.3) is 0 Å². The third-order valence-electron chi connectivity index (χ3n) is 4.17. The number of hydrogen-bond acceptors (Lipinski definition) is 2. The molecule has 3 heteroatoms. The highest BCUT2D eigenvalue weighted by molar-refractivity contribution is 6.30. The fourth-order valence-corrected chi connectivity index (χ4v) is 2.90. The second-order valence-electron chi connectivity index (χ2n) is 6.14. The summed E-state index contributed by atoms with van der Waals surface area (Å²) in [5.41, 5.74) is 2.66. The first-order valence-corrected chi connectivity index (χ1v) is 8.24. The normalized spacial score (nSPS) is 15.4. The largest absolute Gasteiger partial charge is 0.371 e. The molecule has 0 atom stereocenters. The van der Waals surface area contributed by atoms with Crippen molar-refractivity contribution in [1.82, 2.24) is 5.32 Å². The maximum atomic E-state index is 6.18. The maximum Gasteiger partial charge on any atom is 0.0412 e. The third kappa shape index (κ3) is 4.13. The molecule has 0 radical (unpaired) electrons. The van der Waals surface area contributed by atoms with Gasteiger partial charge in [0.15, 0.2) is 0 Å². The molecule has 112 valence electrons. The van der Waals surface area contributed by atoms with Crippen LogP contribution >= 0.6 is 11.6 Å². The predicted octanol–water partition coefficient (Wildman–Crippen LogP) is 4.46. The molecule has 2 rings (SSSR count). The zero-order chi connectivity index (χ0) is 14.5. The molecular formula is C17H27ClN2. The van der Waals surface area contributed by atoms with Crippen LogP contribution in [0, 0.1) is 5.92 Å². The first-order chi connectivity index (χ1) is 9.60. The number of halogens is 1. The molecule has 1 aromatic rings. The molecule has 1 aliphatic carbocycles. The number of hydrogen-bond donors (Lipinski definition) is 1. The first-order valence-electron chi connectivity index (χ1n) is 7.87. The van der Waals surface area contributed by atoms with E-state index in [0.717, 1.165) is 24.0 Å². The van der Waals surface area contributed by atoms with E-state index in [1.807, 2.05) is 6.07 Å². The molecule has 0 unspecified atom stereocenters. The number of rotatable bonds is 7. The molecule has 0 spiro atoms. The van der Waals surface area contributed by atoms with Crippen LogP contribution < -0.4 is 10.2 Å². The van der Waals surface area contributed by atoms with E-state index in [0.29, 0.717) is 6.04 Å². The molecular weight excluding hydrogens is 268 g/mol. The van der Waals surface area contributed by atoms with Crippen molar-refractivity contribution in [3.8, 4) is 0 Å². The van der Waals surface area contributed by atoms with Crippen molar-refractivity contribution < 1.29 is 0 Å². The molecule has 0 aliphatic heterocycles. The van der Waals surface area contributed by atoms with Gasteiger partial charge in [-0.1, -0.05) is 31.9 Å². The minimum absolute atomic E-state index is 0.489. The van der Waals surface area contributed by atoms with E-state index >= 15 is 0 Å². The summed E-state index contributed by atoms with van der Waals surface area (Å²) in [4.78, 5) is 2.51. The lowest BCUT2D eigenvalue weighted by Crippen LogP contribution is -2.33. The fourth-order valence-electron chi connectivity index (χ4n) is 2.70. The Labute approximate surface area is 128 Å². The van der Waals surface area contributed by atoms with Gasteiger partial charge in [-0.25, -0.2) is 0 Å². The van der Waals surface area contributed by atoms with E-state index in [1.165, 1.54) is 37.1 Å². The smallest absolute Gasteiger partial charge is 0.0412 e. The quantitative estimate of drug-likeness (QED) is 0.798. The van der Waals surface area contributed by atoms with Gasteiger partial charge in [0.1, 0.15) is 0 Å². The molecule has 1 N–H and O–H groups in total. The highest BCUT2D eigenvalue weighted by atomic mass is 35.5. The van der Waals surface area contributed by atoms with Crippen LogP contribution in [0.2, 0.25) is 5.02 Å². The van der Waals surface area contributed by atoms with E-state index in [9.17, 15) is 0 Å². The predicted molar refractivity (Wildman–Crippen MR) is 88.7 cm³/mol. The average Bonchev–Trinajstić information content (AvgIpc) is 2.36. The topological polar surface area (TPSA) is 15.3 Å². The van der Waals surface area contributed by atoms with Crippen LogP contribution in [0.4, 0.5) is 5.69 Å². The van der Waals surface area contributed by atoms with Gasteiger partial charge < -0.3 is 10.2 Å². The molecule has 0 bridgehead atoms. The lowest BCUT2D eigenvalue weighted by molar-refractivity contribution is 0.318. The van der Waals surface area contributed by atoms with Gasteiger partial charge in [-0.05, 0) is 49.4 Å². The Morgan fingerprint density at radius 1 is 1.35 bits per heavy atom. The molecule has 20 heavy (non-hydrogen) atoms. The Balaban J connectivity index is 2.13. The summed E-state index contributed by atoms with van der Waals surface area (Å²) < 4.78 is 0. The van der Waals surface area contributed by atoms with Crippen molar-refractivity contribution in [3.05, 3.63) is 28.8 Å². The minimum atomic E-state index is 0.489. The van der Waals surface area contributed by atoms with Gasteiger partial charge in [-0.2, -0.15) is 0 Å². The SMILES string of the molecule is CCN(CC1CCC1)c1ccc(Cl)cc1CNC(C)C. The van der Waals surface area contributed by atoms with Crippen molar-refractivity contribution >= 4 is 17.3 Å². The highest BCUT2D eigenvalue weighted by Crippen LogP contribution is 2.31. The van der Waals surface area contributed by atoms with Gasteiger partial charge >= 0.3 is 0 Å². The Hall–Kier alpha value is -0.730. The first kappa shape index (κ1) is 15.7. The zero-order valence-electron chi connectivity index (χ0n) is 13.0. The second-order valence-corrected chi connectivity index (χ2v) is 6.58. The summed E-state index contributed by atoms with van der Waals surface area (Å²) in [7, 11) is 0. The molecule has 2 nitrogen and oxygen atoms in total. The van der Waals surface area contributed by atoms with Crippen LogP contribution in [0.1, 0.15) is 45.6 Å². The van der Waals surface area contributed by atoms with Crippen molar-refractivity contribution in [2.75, 3.05) is 18.0 Å². The highest BCUT2D eigenvalue weighted by Gasteiger charge is 2.21. The molecule has 1 aromatic carbocycles. The van der Waals surface area contributed by atoms with E-state index < -0.39 is 0 Å². The molecule has 0 heterocycles. The summed E-state index contributed by atoms with van der Waals surface area (Å²) in [5.74, 6) is 0.886. The number of benzene rings is 1. The Kier molecular flexibility index (Phi) is 5.74. The van der Waals surface area contributed by atoms with Crippen molar-refractivity contribution in [1.29, 1.82) is 0 Å². The summed E-state index contributed by atoms with van der Waals surface area (Å²) in [5, 5.41) is 4.33. The van der Waals surface area contributed by atoms with Crippen LogP contribution in [-0.4, -0.2) is 19.1 Å². The number of nitrogens with one attached hydrogen (secondary N) is 1. The standard InChI is InChI=1S/C17H27ClN2/c1-4-20(12-14-6-5-7-14)17-9-8-16(18)10-15(17)11-19-13(2)3/h8-10,13-14,19H,4-7,11-12H2,1-3H3. The lowest BCUT2D eigenvalue weighted by Gasteiger charge is -2.34.